The van der Waals surface area contributed by atoms with Gasteiger partial charge in [-0.3, -0.25) is 14.6 Å². The van der Waals surface area contributed by atoms with E-state index in [2.05, 4.69) is 20.6 Å². The molecule has 4 N–H and O–H groups in total. The highest BCUT2D eigenvalue weighted by molar-refractivity contribution is 6.05. The third-order valence-corrected chi connectivity index (χ3v) is 3.88. The number of rotatable bonds is 6. The van der Waals surface area contributed by atoms with Gasteiger partial charge in [0.2, 0.25) is 5.91 Å². The second-order valence-corrected chi connectivity index (χ2v) is 5.92. The lowest BCUT2D eigenvalue weighted by molar-refractivity contribution is -0.116. The highest BCUT2D eigenvalue weighted by atomic mass is 16.2. The minimum Gasteiger partial charge on any atom is -0.382 e. The minimum atomic E-state index is -0.283. The Morgan fingerprint density at radius 2 is 1.82 bits per heavy atom. The maximum atomic E-state index is 12.3. The molecule has 0 aliphatic rings. The van der Waals surface area contributed by atoms with Crippen molar-refractivity contribution in [2.24, 2.45) is 0 Å². The molecule has 0 saturated carbocycles. The molecule has 0 fully saturated rings. The summed E-state index contributed by atoms with van der Waals surface area (Å²) in [5.41, 5.74) is 8.39. The second kappa shape index (κ2) is 9.09. The van der Waals surface area contributed by atoms with Crippen LogP contribution in [0, 0.1) is 0 Å². The molecule has 0 aliphatic heterocycles. The summed E-state index contributed by atoms with van der Waals surface area (Å²) >= 11 is 0. The zero-order valence-electron chi connectivity index (χ0n) is 15.0. The van der Waals surface area contributed by atoms with Crippen LogP contribution >= 0.6 is 0 Å². The summed E-state index contributed by atoms with van der Waals surface area (Å²) in [4.78, 5) is 32.1. The average Bonchev–Trinajstić information content (AvgIpc) is 2.73. The van der Waals surface area contributed by atoms with E-state index in [1.54, 1.807) is 67.1 Å². The van der Waals surface area contributed by atoms with Crippen LogP contribution in [0.15, 0.2) is 73.2 Å². The van der Waals surface area contributed by atoms with E-state index in [0.29, 0.717) is 17.8 Å². The fourth-order valence-corrected chi connectivity index (χ4v) is 2.39. The summed E-state index contributed by atoms with van der Waals surface area (Å²) in [5.74, 6) is -0.234. The number of pyridine rings is 2. The summed E-state index contributed by atoms with van der Waals surface area (Å²) in [6, 6.07) is 14.0. The molecule has 2 amide bonds. The van der Waals surface area contributed by atoms with E-state index in [-0.39, 0.29) is 17.6 Å². The number of nitrogens with zero attached hydrogens (tertiary/aromatic N) is 2. The van der Waals surface area contributed by atoms with Gasteiger partial charge in [-0.1, -0.05) is 18.2 Å². The number of aromatic nitrogens is 2. The number of carbonyl (C=O) groups is 2. The lowest BCUT2D eigenvalue weighted by Gasteiger charge is -2.08. The molecule has 0 saturated heterocycles. The van der Waals surface area contributed by atoms with Crippen LogP contribution in [0.5, 0.6) is 0 Å². The molecule has 7 nitrogen and oxygen atoms in total. The molecule has 0 radical (unpaired) electrons. The molecule has 0 atom stereocenters. The molecule has 7 heteroatoms. The molecule has 0 spiro atoms. The van der Waals surface area contributed by atoms with Crippen molar-refractivity contribution in [1.82, 2.24) is 15.3 Å². The molecule has 3 aromatic rings. The maximum Gasteiger partial charge on any atom is 0.255 e. The quantitative estimate of drug-likeness (QED) is 0.576. The van der Waals surface area contributed by atoms with E-state index >= 15 is 0 Å². The van der Waals surface area contributed by atoms with Crippen molar-refractivity contribution >= 4 is 29.4 Å². The van der Waals surface area contributed by atoms with Crippen molar-refractivity contribution in [1.29, 1.82) is 0 Å². The molecular weight excluding hydrogens is 354 g/mol. The van der Waals surface area contributed by atoms with E-state index in [4.69, 9.17) is 5.73 Å². The Balaban J connectivity index is 1.53. The van der Waals surface area contributed by atoms with E-state index in [0.717, 1.165) is 11.1 Å². The first-order valence-corrected chi connectivity index (χ1v) is 8.58. The fraction of sp³-hybridized carbons (Fsp3) is 0.0476. The molecule has 0 aliphatic carbocycles. The van der Waals surface area contributed by atoms with Crippen molar-refractivity contribution in [3.05, 3.63) is 89.9 Å². The Kier molecular flexibility index (Phi) is 6.10. The van der Waals surface area contributed by atoms with Crippen molar-refractivity contribution in [2.45, 2.75) is 6.54 Å². The molecule has 2 heterocycles. The van der Waals surface area contributed by atoms with E-state index in [9.17, 15) is 9.59 Å². The zero-order valence-corrected chi connectivity index (χ0v) is 15.0. The van der Waals surface area contributed by atoms with Crippen molar-refractivity contribution in [3.63, 3.8) is 0 Å². The number of nitrogens with one attached hydrogen (secondary N) is 2. The van der Waals surface area contributed by atoms with Crippen LogP contribution < -0.4 is 16.4 Å². The largest absolute Gasteiger partial charge is 0.382 e. The summed E-state index contributed by atoms with van der Waals surface area (Å²) in [7, 11) is 0. The lowest BCUT2D eigenvalue weighted by atomic mass is 10.1. The van der Waals surface area contributed by atoms with Gasteiger partial charge in [-0.25, -0.2) is 4.98 Å². The number of nitrogen functional groups attached to an aromatic ring is 1. The summed E-state index contributed by atoms with van der Waals surface area (Å²) in [6.07, 6.45) is 8.05. The van der Waals surface area contributed by atoms with Gasteiger partial charge in [0, 0.05) is 36.8 Å². The van der Waals surface area contributed by atoms with E-state index in [1.807, 2.05) is 6.07 Å². The van der Waals surface area contributed by atoms with Crippen molar-refractivity contribution in [2.75, 3.05) is 11.1 Å². The Labute approximate surface area is 162 Å². The van der Waals surface area contributed by atoms with Gasteiger partial charge in [-0.2, -0.15) is 0 Å². The van der Waals surface area contributed by atoms with Crippen LogP contribution in [-0.2, 0) is 11.3 Å². The standard InChI is InChI=1S/C21H19N5O2/c22-20-18(4-2-12-24-20)26-21(28)17-8-5-16(6-9-17)14-25-19(27)10-7-15-3-1-11-23-13-15/h1-13H,14H2,(H2,22,24)(H,25,27)(H,26,28)/b10-7+. The van der Waals surface area contributed by atoms with Crippen LogP contribution in [-0.4, -0.2) is 21.8 Å². The van der Waals surface area contributed by atoms with Crippen molar-refractivity contribution < 1.29 is 9.59 Å². The van der Waals surface area contributed by atoms with Crippen LogP contribution in [0.1, 0.15) is 21.5 Å². The number of nitrogens with two attached hydrogens (primary N) is 1. The number of hydrogen-bond donors (Lipinski definition) is 3. The summed E-state index contributed by atoms with van der Waals surface area (Å²) < 4.78 is 0. The van der Waals surface area contributed by atoms with Gasteiger partial charge >= 0.3 is 0 Å². The van der Waals surface area contributed by atoms with E-state index < -0.39 is 0 Å². The molecular formula is C21H19N5O2. The van der Waals surface area contributed by atoms with Crippen LogP contribution in [0.2, 0.25) is 0 Å². The normalized spacial score (nSPS) is 10.6. The number of amides is 2. The summed E-state index contributed by atoms with van der Waals surface area (Å²) in [6.45, 7) is 0.355. The first kappa shape index (κ1) is 18.8. The Hall–Kier alpha value is -4.00. The predicted octanol–water partition coefficient (Wildman–Crippen LogP) is 2.64. The van der Waals surface area contributed by atoms with Crippen molar-refractivity contribution in [3.8, 4) is 0 Å². The SMILES string of the molecule is Nc1ncccc1NC(=O)c1ccc(CNC(=O)/C=C/c2cccnc2)cc1. The number of carbonyl (C=O) groups excluding carboxylic acids is 2. The van der Waals surface area contributed by atoms with E-state index in [1.165, 1.54) is 6.08 Å². The summed E-state index contributed by atoms with van der Waals surface area (Å²) in [5, 5.41) is 5.51. The Bertz CT molecular complexity index is 985. The minimum absolute atomic E-state index is 0.210. The topological polar surface area (TPSA) is 110 Å². The van der Waals surface area contributed by atoms with Gasteiger partial charge in [0.25, 0.3) is 5.91 Å². The molecule has 3 rings (SSSR count). The van der Waals surface area contributed by atoms with Gasteiger partial charge in [0.05, 0.1) is 5.69 Å². The Morgan fingerprint density at radius 1 is 1.04 bits per heavy atom. The predicted molar refractivity (Wildman–Crippen MR) is 108 cm³/mol. The molecule has 0 bridgehead atoms. The van der Waals surface area contributed by atoms with Gasteiger partial charge in [-0.15, -0.1) is 0 Å². The number of benzene rings is 1. The fourth-order valence-electron chi connectivity index (χ4n) is 2.39. The molecule has 28 heavy (non-hydrogen) atoms. The van der Waals surface area contributed by atoms with Gasteiger partial charge < -0.3 is 16.4 Å². The highest BCUT2D eigenvalue weighted by Crippen LogP contribution is 2.15. The molecule has 0 unspecified atom stereocenters. The zero-order chi connectivity index (χ0) is 19.8. The van der Waals surface area contributed by atoms with Crippen LogP contribution in [0.4, 0.5) is 11.5 Å². The second-order valence-electron chi connectivity index (χ2n) is 5.92. The van der Waals surface area contributed by atoms with Crippen LogP contribution in [0.25, 0.3) is 6.08 Å². The molecule has 1 aromatic carbocycles. The van der Waals surface area contributed by atoms with Gasteiger partial charge in [-0.05, 0) is 47.5 Å². The third-order valence-electron chi connectivity index (χ3n) is 3.88. The number of hydrogen-bond acceptors (Lipinski definition) is 5. The van der Waals surface area contributed by atoms with Crippen LogP contribution in [0.3, 0.4) is 0 Å². The highest BCUT2D eigenvalue weighted by Gasteiger charge is 2.08. The third kappa shape index (κ3) is 5.25. The monoisotopic (exact) mass is 373 g/mol. The smallest absolute Gasteiger partial charge is 0.255 e. The van der Waals surface area contributed by atoms with Gasteiger partial charge in [0.15, 0.2) is 0 Å². The lowest BCUT2D eigenvalue weighted by Crippen LogP contribution is -2.20. The number of anilines is 2. The Morgan fingerprint density at radius 3 is 2.54 bits per heavy atom. The average molecular weight is 373 g/mol. The molecule has 140 valence electrons. The maximum absolute atomic E-state index is 12.3. The first-order valence-electron chi connectivity index (χ1n) is 8.58. The van der Waals surface area contributed by atoms with Gasteiger partial charge in [0.1, 0.15) is 5.82 Å². The molecule has 2 aromatic heterocycles. The first-order chi connectivity index (χ1) is 13.6.